The lowest BCUT2D eigenvalue weighted by atomic mass is 9.98. The third kappa shape index (κ3) is 4.68. The van der Waals surface area contributed by atoms with Crippen molar-refractivity contribution in [1.29, 1.82) is 0 Å². The van der Waals surface area contributed by atoms with Crippen LogP contribution in [0.3, 0.4) is 0 Å². The zero-order valence-electron chi connectivity index (χ0n) is 19.0. The summed E-state index contributed by atoms with van der Waals surface area (Å²) in [6, 6.07) is 18.5. The average Bonchev–Trinajstić information content (AvgIpc) is 3.07. The van der Waals surface area contributed by atoms with Gasteiger partial charge in [0.2, 0.25) is 0 Å². The number of nitrogens with zero attached hydrogens (tertiary/aromatic N) is 3. The summed E-state index contributed by atoms with van der Waals surface area (Å²) in [5.41, 5.74) is 4.25. The number of hydrogen-bond donors (Lipinski definition) is 0. The van der Waals surface area contributed by atoms with E-state index in [1.54, 1.807) is 4.90 Å². The summed E-state index contributed by atoms with van der Waals surface area (Å²) >= 11 is 6.96. The number of rotatable bonds is 4. The first-order chi connectivity index (χ1) is 16.0. The second-order valence-corrected chi connectivity index (χ2v) is 10.7. The Bertz CT molecular complexity index is 1250. The van der Waals surface area contributed by atoms with E-state index in [-0.39, 0.29) is 5.91 Å². The number of aryl methyl sites for hydroxylation is 1. The van der Waals surface area contributed by atoms with Crippen LogP contribution in [0.1, 0.15) is 36.5 Å². The third-order valence-electron chi connectivity index (χ3n) is 6.41. The van der Waals surface area contributed by atoms with E-state index in [2.05, 4.69) is 43.0 Å². The summed E-state index contributed by atoms with van der Waals surface area (Å²) in [4.78, 5) is 23.1. The average molecular weight is 474 g/mol. The first-order valence-electron chi connectivity index (χ1n) is 11.4. The Morgan fingerprint density at radius 1 is 1.12 bits per heavy atom. The van der Waals surface area contributed by atoms with E-state index >= 15 is 0 Å². The lowest BCUT2D eigenvalue weighted by Crippen LogP contribution is -2.34. The highest BCUT2D eigenvalue weighted by molar-refractivity contribution is 8.26. The van der Waals surface area contributed by atoms with Crippen LogP contribution >= 0.6 is 24.0 Å². The minimum absolute atomic E-state index is 0.0311. The highest BCUT2D eigenvalue weighted by Gasteiger charge is 2.32. The molecule has 4 nitrogen and oxygen atoms in total. The second-order valence-electron chi connectivity index (χ2n) is 9.02. The number of amides is 1. The smallest absolute Gasteiger partial charge is 0.266 e. The number of aromatic nitrogens is 1. The molecule has 2 aliphatic heterocycles. The molecule has 2 saturated heterocycles. The van der Waals surface area contributed by atoms with Crippen molar-refractivity contribution in [2.45, 2.75) is 33.2 Å². The van der Waals surface area contributed by atoms with Crippen molar-refractivity contribution in [3.8, 4) is 0 Å². The van der Waals surface area contributed by atoms with Crippen molar-refractivity contribution in [2.75, 3.05) is 18.0 Å². The molecule has 0 spiro atoms. The molecule has 1 aromatic heterocycles. The van der Waals surface area contributed by atoms with Gasteiger partial charge in [0, 0.05) is 24.0 Å². The van der Waals surface area contributed by atoms with Crippen molar-refractivity contribution in [2.24, 2.45) is 5.92 Å². The number of pyridine rings is 1. The first kappa shape index (κ1) is 22.1. The van der Waals surface area contributed by atoms with Gasteiger partial charge >= 0.3 is 0 Å². The van der Waals surface area contributed by atoms with Crippen molar-refractivity contribution >= 4 is 57.0 Å². The number of benzene rings is 2. The zero-order chi connectivity index (χ0) is 22.9. The zero-order valence-corrected chi connectivity index (χ0v) is 20.6. The monoisotopic (exact) mass is 473 g/mol. The van der Waals surface area contributed by atoms with E-state index < -0.39 is 0 Å². The highest BCUT2D eigenvalue weighted by atomic mass is 32.2. The summed E-state index contributed by atoms with van der Waals surface area (Å²) in [6.45, 7) is 6.87. The Hall–Kier alpha value is -2.70. The van der Waals surface area contributed by atoms with Crippen LogP contribution in [-0.4, -0.2) is 33.2 Å². The molecule has 2 fully saturated rings. The van der Waals surface area contributed by atoms with Crippen LogP contribution < -0.4 is 4.90 Å². The van der Waals surface area contributed by atoms with E-state index in [9.17, 15) is 4.79 Å². The van der Waals surface area contributed by atoms with Gasteiger partial charge in [-0.25, -0.2) is 4.98 Å². The predicted molar refractivity (Wildman–Crippen MR) is 142 cm³/mol. The molecular weight excluding hydrogens is 446 g/mol. The molecule has 0 N–H and O–H groups in total. The minimum Gasteiger partial charge on any atom is -0.356 e. The molecular formula is C27H27N3OS2. The van der Waals surface area contributed by atoms with Gasteiger partial charge in [0.1, 0.15) is 10.1 Å². The van der Waals surface area contributed by atoms with Gasteiger partial charge in [-0.05, 0) is 55.5 Å². The highest BCUT2D eigenvalue weighted by Crippen LogP contribution is 2.36. The normalized spacial score (nSPS) is 18.7. The van der Waals surface area contributed by atoms with Gasteiger partial charge in [0.05, 0.1) is 17.0 Å². The van der Waals surface area contributed by atoms with Crippen molar-refractivity contribution in [3.05, 3.63) is 76.2 Å². The molecule has 0 atom stereocenters. The third-order valence-corrected chi connectivity index (χ3v) is 7.78. The van der Waals surface area contributed by atoms with Crippen molar-refractivity contribution < 1.29 is 4.79 Å². The lowest BCUT2D eigenvalue weighted by molar-refractivity contribution is -0.122. The molecule has 0 saturated carbocycles. The van der Waals surface area contributed by atoms with E-state index in [4.69, 9.17) is 17.2 Å². The Balaban J connectivity index is 1.52. The van der Waals surface area contributed by atoms with Crippen LogP contribution in [-0.2, 0) is 11.3 Å². The molecule has 3 heterocycles. The number of carbonyl (C=O) groups excluding carboxylic acids is 1. The van der Waals surface area contributed by atoms with Gasteiger partial charge in [0.25, 0.3) is 5.91 Å². The number of thiocarbonyl (C=S) groups is 1. The van der Waals surface area contributed by atoms with Gasteiger partial charge < -0.3 is 4.90 Å². The molecule has 0 aliphatic carbocycles. The van der Waals surface area contributed by atoms with Gasteiger partial charge in [-0.1, -0.05) is 72.9 Å². The second kappa shape index (κ2) is 9.27. The molecule has 3 aromatic rings. The number of piperidine rings is 1. The van der Waals surface area contributed by atoms with E-state index in [1.807, 2.05) is 36.4 Å². The van der Waals surface area contributed by atoms with Crippen LogP contribution in [0.2, 0.25) is 0 Å². The maximum atomic E-state index is 13.3. The van der Waals surface area contributed by atoms with Crippen molar-refractivity contribution in [1.82, 2.24) is 9.88 Å². The lowest BCUT2D eigenvalue weighted by Gasteiger charge is -2.32. The van der Waals surface area contributed by atoms with Crippen LogP contribution in [0.4, 0.5) is 5.82 Å². The molecule has 168 valence electrons. The quantitative estimate of drug-likeness (QED) is 0.334. The molecule has 1 amide bonds. The molecule has 0 bridgehead atoms. The van der Waals surface area contributed by atoms with Gasteiger partial charge in [-0.2, -0.15) is 0 Å². The maximum Gasteiger partial charge on any atom is 0.266 e. The minimum atomic E-state index is -0.0311. The first-order valence-corrected chi connectivity index (χ1v) is 12.7. The van der Waals surface area contributed by atoms with E-state index in [0.717, 1.165) is 59.7 Å². The number of fused-ring (bicyclic) bond motifs is 1. The van der Waals surface area contributed by atoms with Crippen LogP contribution in [0.15, 0.2) is 59.5 Å². The van der Waals surface area contributed by atoms with Gasteiger partial charge in [-0.3, -0.25) is 9.69 Å². The number of anilines is 1. The van der Waals surface area contributed by atoms with E-state index in [0.29, 0.717) is 15.8 Å². The number of carbonyl (C=O) groups is 1. The molecule has 6 heteroatoms. The SMILES string of the molecule is Cc1ccc2nc(N3CCC(C)CC3)c(/C=C3\SC(=S)N(Cc4ccccc4)C3=O)cc2c1. The van der Waals surface area contributed by atoms with Crippen molar-refractivity contribution in [3.63, 3.8) is 0 Å². The molecule has 5 rings (SSSR count). The summed E-state index contributed by atoms with van der Waals surface area (Å²) in [6.07, 6.45) is 4.31. The molecule has 0 radical (unpaired) electrons. The molecule has 0 unspecified atom stereocenters. The molecule has 2 aliphatic rings. The fourth-order valence-electron chi connectivity index (χ4n) is 4.43. The summed E-state index contributed by atoms with van der Waals surface area (Å²) in [7, 11) is 0. The fraction of sp³-hybridized carbons (Fsp3) is 0.296. The standard InChI is InChI=1S/C27H27N3OS2/c1-18-10-12-29(13-11-18)25-22(15-21-14-19(2)8-9-23(21)28-25)16-24-26(31)30(27(32)33-24)17-20-6-4-3-5-7-20/h3-9,14-16,18H,10-13,17H2,1-2H3/b24-16-. The summed E-state index contributed by atoms with van der Waals surface area (Å²) < 4.78 is 0.605. The Morgan fingerprint density at radius 3 is 2.64 bits per heavy atom. The predicted octanol–water partition coefficient (Wildman–Crippen LogP) is 6.18. The summed E-state index contributed by atoms with van der Waals surface area (Å²) in [5, 5.41) is 1.09. The largest absolute Gasteiger partial charge is 0.356 e. The topological polar surface area (TPSA) is 36.4 Å². The molecule has 2 aromatic carbocycles. The Kier molecular flexibility index (Phi) is 6.21. The number of hydrogen-bond acceptors (Lipinski definition) is 5. The van der Waals surface area contributed by atoms with Gasteiger partial charge in [-0.15, -0.1) is 0 Å². The summed E-state index contributed by atoms with van der Waals surface area (Å²) in [5.74, 6) is 1.67. The maximum absolute atomic E-state index is 13.3. The Labute approximate surface area is 204 Å². The van der Waals surface area contributed by atoms with Crippen LogP contribution in [0.5, 0.6) is 0 Å². The van der Waals surface area contributed by atoms with Gasteiger partial charge in [0.15, 0.2) is 0 Å². The number of thioether (sulfide) groups is 1. The molecule has 33 heavy (non-hydrogen) atoms. The van der Waals surface area contributed by atoms with Crippen LogP contribution in [0.25, 0.3) is 17.0 Å². The fourth-order valence-corrected chi connectivity index (χ4v) is 5.67. The van der Waals surface area contributed by atoms with E-state index in [1.165, 1.54) is 17.3 Å². The Morgan fingerprint density at radius 2 is 1.88 bits per heavy atom. The van der Waals surface area contributed by atoms with Crippen LogP contribution in [0, 0.1) is 12.8 Å².